The molecule has 0 atom stereocenters. The summed E-state index contributed by atoms with van der Waals surface area (Å²) in [6.07, 6.45) is 5.83. The summed E-state index contributed by atoms with van der Waals surface area (Å²) in [5.41, 5.74) is 1.03. The maximum atomic E-state index is 9.09. The van der Waals surface area contributed by atoms with E-state index in [1.54, 1.807) is 4.57 Å². The summed E-state index contributed by atoms with van der Waals surface area (Å²) < 4.78 is 1.68. The number of hydrogen-bond donors (Lipinski definition) is 0. The molecule has 1 rings (SSSR count). The predicted molar refractivity (Wildman–Crippen MR) is 60.3 cm³/mol. The molecule has 0 saturated heterocycles. The average molecular weight is 205 g/mol. The summed E-state index contributed by atoms with van der Waals surface area (Å²) in [6.45, 7) is 8.57. The number of nitrogens with zero attached hydrogens (tertiary/aromatic N) is 3. The summed E-state index contributed by atoms with van der Waals surface area (Å²) >= 11 is 0. The number of hydrogen-bond acceptors (Lipinski definition) is 2. The van der Waals surface area contributed by atoms with Crippen molar-refractivity contribution in [3.05, 3.63) is 17.7 Å². The van der Waals surface area contributed by atoms with Gasteiger partial charge in [-0.25, -0.2) is 9.55 Å². The van der Waals surface area contributed by atoms with E-state index in [0.717, 1.165) is 24.4 Å². The fourth-order valence-electron chi connectivity index (χ4n) is 1.62. The normalized spacial score (nSPS) is 11.0. The second-order valence-corrected chi connectivity index (χ2v) is 4.80. The van der Waals surface area contributed by atoms with Crippen molar-refractivity contribution in [1.29, 1.82) is 5.26 Å². The second-order valence-electron chi connectivity index (χ2n) is 4.80. The van der Waals surface area contributed by atoms with Crippen LogP contribution in [0.25, 0.3) is 0 Å². The first-order valence-corrected chi connectivity index (χ1v) is 5.50. The fraction of sp³-hybridized carbons (Fsp3) is 0.667. The molecule has 0 aliphatic heterocycles. The maximum absolute atomic E-state index is 9.09. The van der Waals surface area contributed by atoms with Crippen LogP contribution in [0.3, 0.4) is 0 Å². The third-order valence-electron chi connectivity index (χ3n) is 2.22. The molecule has 0 fully saturated rings. The van der Waals surface area contributed by atoms with E-state index in [-0.39, 0.29) is 0 Å². The average Bonchev–Trinajstić information content (AvgIpc) is 2.45. The van der Waals surface area contributed by atoms with E-state index in [1.807, 2.05) is 6.20 Å². The molecule has 0 aliphatic rings. The number of nitriles is 1. The molecule has 3 heteroatoms. The Labute approximate surface area is 91.7 Å². The van der Waals surface area contributed by atoms with E-state index < -0.39 is 0 Å². The van der Waals surface area contributed by atoms with Crippen LogP contribution in [-0.2, 0) is 12.8 Å². The number of imidazole rings is 1. The molecule has 0 N–H and O–H groups in total. The van der Waals surface area contributed by atoms with E-state index in [9.17, 15) is 0 Å². The van der Waals surface area contributed by atoms with E-state index in [0.29, 0.717) is 11.8 Å². The molecule has 1 aromatic rings. The monoisotopic (exact) mass is 205 g/mol. The number of aromatic nitrogens is 2. The van der Waals surface area contributed by atoms with Crippen LogP contribution in [0.5, 0.6) is 0 Å². The van der Waals surface area contributed by atoms with Crippen LogP contribution >= 0.6 is 0 Å². The minimum Gasteiger partial charge on any atom is -0.240 e. The van der Waals surface area contributed by atoms with Crippen LogP contribution in [0, 0.1) is 23.3 Å². The summed E-state index contributed by atoms with van der Waals surface area (Å²) in [5, 5.41) is 9.09. The van der Waals surface area contributed by atoms with Gasteiger partial charge in [-0.15, -0.1) is 0 Å². The van der Waals surface area contributed by atoms with E-state index in [4.69, 9.17) is 5.26 Å². The third kappa shape index (κ3) is 3.09. The molecule has 0 aromatic carbocycles. The van der Waals surface area contributed by atoms with Gasteiger partial charge in [0.15, 0.2) is 6.19 Å². The van der Waals surface area contributed by atoms with Crippen molar-refractivity contribution in [3.8, 4) is 6.19 Å². The summed E-state index contributed by atoms with van der Waals surface area (Å²) in [7, 11) is 0. The first kappa shape index (κ1) is 11.8. The first-order chi connectivity index (χ1) is 7.04. The van der Waals surface area contributed by atoms with Gasteiger partial charge < -0.3 is 0 Å². The van der Waals surface area contributed by atoms with Crippen LogP contribution < -0.4 is 0 Å². The van der Waals surface area contributed by atoms with Crippen LogP contribution in [0.4, 0.5) is 0 Å². The van der Waals surface area contributed by atoms with E-state index in [2.05, 4.69) is 38.9 Å². The lowest BCUT2D eigenvalue weighted by Crippen LogP contribution is -2.07. The zero-order valence-corrected chi connectivity index (χ0v) is 9.99. The highest BCUT2D eigenvalue weighted by molar-refractivity contribution is 5.12. The molecule has 1 aromatic heterocycles. The molecular weight excluding hydrogens is 186 g/mol. The Morgan fingerprint density at radius 2 is 1.87 bits per heavy atom. The van der Waals surface area contributed by atoms with Gasteiger partial charge in [-0.05, 0) is 18.3 Å². The molecule has 3 nitrogen and oxygen atoms in total. The zero-order chi connectivity index (χ0) is 11.4. The highest BCUT2D eigenvalue weighted by Gasteiger charge is 2.11. The largest absolute Gasteiger partial charge is 0.240 e. The lowest BCUT2D eigenvalue weighted by molar-refractivity contribution is 0.598. The van der Waals surface area contributed by atoms with Crippen molar-refractivity contribution in [2.45, 2.75) is 40.5 Å². The maximum Gasteiger partial charge on any atom is 0.190 e. The highest BCUT2D eigenvalue weighted by Crippen LogP contribution is 2.12. The predicted octanol–water partition coefficient (Wildman–Crippen LogP) is 2.61. The lowest BCUT2D eigenvalue weighted by atomic mass is 10.1. The molecule has 0 spiro atoms. The molecule has 0 radical (unpaired) electrons. The molecule has 0 aliphatic carbocycles. The first-order valence-electron chi connectivity index (χ1n) is 5.50. The summed E-state index contributed by atoms with van der Waals surface area (Å²) in [4.78, 5) is 4.32. The van der Waals surface area contributed by atoms with Gasteiger partial charge in [-0.1, -0.05) is 27.7 Å². The highest BCUT2D eigenvalue weighted by atomic mass is 15.1. The van der Waals surface area contributed by atoms with Gasteiger partial charge in [0.1, 0.15) is 5.82 Å². The Morgan fingerprint density at radius 1 is 1.27 bits per heavy atom. The number of rotatable bonds is 4. The van der Waals surface area contributed by atoms with Gasteiger partial charge in [0.2, 0.25) is 0 Å². The van der Waals surface area contributed by atoms with E-state index >= 15 is 0 Å². The molecule has 0 unspecified atom stereocenters. The van der Waals surface area contributed by atoms with Crippen molar-refractivity contribution in [1.82, 2.24) is 9.55 Å². The Balaban J connectivity index is 2.91. The molecule has 82 valence electrons. The van der Waals surface area contributed by atoms with Gasteiger partial charge >= 0.3 is 0 Å². The minimum absolute atomic E-state index is 0.534. The van der Waals surface area contributed by atoms with Crippen molar-refractivity contribution in [2.24, 2.45) is 11.8 Å². The molecule has 0 saturated carbocycles. The third-order valence-corrected chi connectivity index (χ3v) is 2.22. The van der Waals surface area contributed by atoms with Gasteiger partial charge in [-0.3, -0.25) is 0 Å². The van der Waals surface area contributed by atoms with Crippen molar-refractivity contribution in [2.75, 3.05) is 0 Å². The van der Waals surface area contributed by atoms with Gasteiger partial charge in [0.05, 0.1) is 5.69 Å². The Hall–Kier alpha value is -1.30. The smallest absolute Gasteiger partial charge is 0.190 e. The van der Waals surface area contributed by atoms with Crippen LogP contribution in [-0.4, -0.2) is 9.55 Å². The quantitative estimate of drug-likeness (QED) is 0.758. The zero-order valence-electron chi connectivity index (χ0n) is 9.99. The van der Waals surface area contributed by atoms with Crippen LogP contribution in [0.1, 0.15) is 39.2 Å². The Kier molecular flexibility index (Phi) is 3.90. The van der Waals surface area contributed by atoms with Crippen molar-refractivity contribution < 1.29 is 0 Å². The minimum atomic E-state index is 0.534. The molecule has 1 heterocycles. The van der Waals surface area contributed by atoms with Gasteiger partial charge in [-0.2, -0.15) is 5.26 Å². The fourth-order valence-corrected chi connectivity index (χ4v) is 1.62. The van der Waals surface area contributed by atoms with Crippen molar-refractivity contribution >= 4 is 0 Å². The topological polar surface area (TPSA) is 41.6 Å². The van der Waals surface area contributed by atoms with Crippen LogP contribution in [0.2, 0.25) is 0 Å². The Morgan fingerprint density at radius 3 is 2.33 bits per heavy atom. The molecule has 0 amide bonds. The lowest BCUT2D eigenvalue weighted by Gasteiger charge is -2.06. The molecule has 0 bridgehead atoms. The molecular formula is C12H19N3. The molecule has 15 heavy (non-hydrogen) atoms. The SMILES string of the molecule is CC(C)Cc1cnc(CC(C)C)n1C#N. The van der Waals surface area contributed by atoms with E-state index in [1.165, 1.54) is 0 Å². The van der Waals surface area contributed by atoms with Gasteiger partial charge in [0, 0.05) is 12.6 Å². The Bertz CT molecular complexity index is 328. The standard InChI is InChI=1S/C12H19N3/c1-9(2)5-11-7-14-12(6-10(3)4)15(11)8-13/h7,9-10H,5-6H2,1-4H3. The summed E-state index contributed by atoms with van der Waals surface area (Å²) in [5.74, 6) is 1.98. The van der Waals surface area contributed by atoms with Crippen molar-refractivity contribution in [3.63, 3.8) is 0 Å². The van der Waals surface area contributed by atoms with Crippen LogP contribution in [0.15, 0.2) is 6.20 Å². The second kappa shape index (κ2) is 4.97. The van der Waals surface area contributed by atoms with Gasteiger partial charge in [0.25, 0.3) is 0 Å². The summed E-state index contributed by atoms with van der Waals surface area (Å²) in [6, 6.07) is 0.